The van der Waals surface area contributed by atoms with Gasteiger partial charge in [-0.05, 0) is 11.4 Å². The van der Waals surface area contributed by atoms with E-state index in [1.54, 1.807) is 16.3 Å². The number of hydrogen-bond acceptors (Lipinski definition) is 7. The number of nitrogens with zero attached hydrogens (tertiary/aromatic N) is 2. The van der Waals surface area contributed by atoms with Crippen LogP contribution in [0, 0.1) is 0 Å². The summed E-state index contributed by atoms with van der Waals surface area (Å²) in [4.78, 5) is 41.6. The molecule has 3 rings (SSSR count). The smallest absolute Gasteiger partial charge is 0.340 e. The van der Waals surface area contributed by atoms with E-state index in [1.807, 2.05) is 0 Å². The van der Waals surface area contributed by atoms with Crippen LogP contribution in [0.15, 0.2) is 16.4 Å². The Kier molecular flexibility index (Phi) is 4.16. The van der Waals surface area contributed by atoms with Gasteiger partial charge >= 0.3 is 5.97 Å². The van der Waals surface area contributed by atoms with Gasteiger partial charge in [-0.1, -0.05) is 11.8 Å². The highest BCUT2D eigenvalue weighted by Gasteiger charge is 2.40. The summed E-state index contributed by atoms with van der Waals surface area (Å²) >= 11 is 2.56. The molecule has 0 unspecified atom stereocenters. The van der Waals surface area contributed by atoms with Crippen LogP contribution in [0.1, 0.15) is 16.8 Å². The number of esters is 1. The quantitative estimate of drug-likeness (QED) is 0.832. The van der Waals surface area contributed by atoms with Crippen molar-refractivity contribution in [3.8, 4) is 0 Å². The maximum atomic E-state index is 12.1. The number of fused-ring (bicyclic) bond motifs is 1. The van der Waals surface area contributed by atoms with Crippen molar-refractivity contribution in [3.63, 3.8) is 0 Å². The van der Waals surface area contributed by atoms with Gasteiger partial charge in [0.2, 0.25) is 11.8 Å². The summed E-state index contributed by atoms with van der Waals surface area (Å²) in [6, 6.07) is 1.59. The lowest BCUT2D eigenvalue weighted by Crippen LogP contribution is -2.32. The van der Waals surface area contributed by atoms with Gasteiger partial charge in [-0.15, -0.1) is 11.3 Å². The minimum Gasteiger partial charge on any atom is -0.465 e. The summed E-state index contributed by atoms with van der Waals surface area (Å²) in [7, 11) is 1.29. The number of anilines is 1. The van der Waals surface area contributed by atoms with Crippen LogP contribution in [-0.2, 0) is 14.3 Å². The summed E-state index contributed by atoms with van der Waals surface area (Å²) in [6.07, 6.45) is 0.0531. The van der Waals surface area contributed by atoms with Gasteiger partial charge in [0.1, 0.15) is 10.3 Å². The maximum Gasteiger partial charge on any atom is 0.340 e. The molecule has 1 fully saturated rings. The predicted molar refractivity (Wildman–Crippen MR) is 84.3 cm³/mol. The fourth-order valence-electron chi connectivity index (χ4n) is 2.24. The highest BCUT2D eigenvalue weighted by Crippen LogP contribution is 2.32. The molecule has 1 aromatic rings. The highest BCUT2D eigenvalue weighted by atomic mass is 32.2. The van der Waals surface area contributed by atoms with Gasteiger partial charge in [0.05, 0.1) is 19.2 Å². The lowest BCUT2D eigenvalue weighted by atomic mass is 10.2. The molecule has 0 spiro atoms. The second-order valence-corrected chi connectivity index (χ2v) is 6.75. The molecule has 2 amide bonds. The fraction of sp³-hybridized carbons (Fsp3) is 0.385. The molecule has 0 aromatic carbocycles. The standard InChI is InChI=1S/C13H13N3O4S2/c1-20-12(19)7-2-5-21-10(7)15-9(17)6-8-11(18)16-4-3-14-13(16)22-8/h2,5,8H,3-4,6H2,1H3,(H,15,17)/t8-/m0/s1. The van der Waals surface area contributed by atoms with Crippen molar-refractivity contribution in [2.45, 2.75) is 11.7 Å². The maximum absolute atomic E-state index is 12.1. The van der Waals surface area contributed by atoms with E-state index in [0.717, 1.165) is 0 Å². The molecule has 22 heavy (non-hydrogen) atoms. The average molecular weight is 339 g/mol. The topological polar surface area (TPSA) is 88.1 Å². The highest BCUT2D eigenvalue weighted by molar-refractivity contribution is 8.15. The van der Waals surface area contributed by atoms with Crippen LogP contribution in [0.25, 0.3) is 0 Å². The monoisotopic (exact) mass is 339 g/mol. The molecular weight excluding hydrogens is 326 g/mol. The van der Waals surface area contributed by atoms with Crippen LogP contribution in [0.4, 0.5) is 5.00 Å². The lowest BCUT2D eigenvalue weighted by molar-refractivity contribution is -0.127. The number of aliphatic imine (C=N–C) groups is 1. The number of ether oxygens (including phenoxy) is 1. The summed E-state index contributed by atoms with van der Waals surface area (Å²) in [6.45, 7) is 1.22. The third-order valence-corrected chi connectivity index (χ3v) is 5.33. The van der Waals surface area contributed by atoms with E-state index in [2.05, 4.69) is 15.0 Å². The van der Waals surface area contributed by atoms with Crippen molar-refractivity contribution < 1.29 is 19.1 Å². The first kappa shape index (κ1) is 15.0. The van der Waals surface area contributed by atoms with Crippen molar-refractivity contribution in [2.75, 3.05) is 25.5 Å². The number of amidine groups is 1. The Labute approximate surface area is 134 Å². The van der Waals surface area contributed by atoms with Crippen molar-refractivity contribution in [1.82, 2.24) is 4.90 Å². The van der Waals surface area contributed by atoms with Crippen LogP contribution in [-0.4, -0.2) is 53.3 Å². The fourth-order valence-corrected chi connectivity index (χ4v) is 4.22. The Hall–Kier alpha value is -1.87. The van der Waals surface area contributed by atoms with E-state index in [4.69, 9.17) is 0 Å². The zero-order chi connectivity index (χ0) is 15.7. The Balaban J connectivity index is 1.63. The SMILES string of the molecule is COC(=O)c1ccsc1NC(=O)C[C@@H]1SC2=NCCN2C1=O. The van der Waals surface area contributed by atoms with Gasteiger partial charge in [0.25, 0.3) is 0 Å². The van der Waals surface area contributed by atoms with Gasteiger partial charge in [-0.3, -0.25) is 19.5 Å². The van der Waals surface area contributed by atoms with E-state index >= 15 is 0 Å². The van der Waals surface area contributed by atoms with Crippen molar-refractivity contribution in [1.29, 1.82) is 0 Å². The molecule has 0 radical (unpaired) electrons. The van der Waals surface area contributed by atoms with Crippen LogP contribution in [0.5, 0.6) is 0 Å². The van der Waals surface area contributed by atoms with Crippen LogP contribution < -0.4 is 5.32 Å². The van der Waals surface area contributed by atoms with Crippen LogP contribution in [0.3, 0.4) is 0 Å². The first-order chi connectivity index (χ1) is 10.6. The molecule has 9 heteroatoms. The molecule has 2 aliphatic heterocycles. The van der Waals surface area contributed by atoms with Gasteiger partial charge in [0, 0.05) is 13.0 Å². The first-order valence-electron chi connectivity index (χ1n) is 6.58. The Morgan fingerprint density at radius 3 is 3.09 bits per heavy atom. The van der Waals surface area contributed by atoms with Gasteiger partial charge in [-0.2, -0.15) is 0 Å². The number of methoxy groups -OCH3 is 1. The molecule has 3 heterocycles. The molecule has 2 aliphatic rings. The Morgan fingerprint density at radius 1 is 1.55 bits per heavy atom. The molecular formula is C13H13N3O4S2. The van der Waals surface area contributed by atoms with Gasteiger partial charge in [0.15, 0.2) is 5.17 Å². The Bertz CT molecular complexity index is 670. The second kappa shape index (κ2) is 6.09. The molecule has 7 nitrogen and oxygen atoms in total. The molecule has 1 N–H and O–H groups in total. The van der Waals surface area contributed by atoms with E-state index in [0.29, 0.717) is 28.8 Å². The van der Waals surface area contributed by atoms with E-state index < -0.39 is 11.2 Å². The number of carbonyl (C=O) groups excluding carboxylic acids is 3. The number of thioether (sulfide) groups is 1. The summed E-state index contributed by atoms with van der Waals surface area (Å²) < 4.78 is 4.65. The number of rotatable bonds is 4. The number of amides is 2. The molecule has 1 saturated heterocycles. The van der Waals surface area contributed by atoms with Crippen molar-refractivity contribution in [2.24, 2.45) is 4.99 Å². The number of nitrogens with one attached hydrogen (secondary N) is 1. The molecule has 1 aromatic heterocycles. The molecule has 0 saturated carbocycles. The Morgan fingerprint density at radius 2 is 2.36 bits per heavy atom. The zero-order valence-electron chi connectivity index (χ0n) is 11.7. The van der Waals surface area contributed by atoms with Crippen LogP contribution in [0.2, 0.25) is 0 Å². The minimum atomic E-state index is -0.502. The van der Waals surface area contributed by atoms with Crippen molar-refractivity contribution >= 4 is 51.1 Å². The number of thiophene rings is 1. The summed E-state index contributed by atoms with van der Waals surface area (Å²) in [5.41, 5.74) is 0.316. The molecule has 0 bridgehead atoms. The van der Waals surface area contributed by atoms with Crippen molar-refractivity contribution in [3.05, 3.63) is 17.0 Å². The van der Waals surface area contributed by atoms with Gasteiger partial charge < -0.3 is 10.1 Å². The van der Waals surface area contributed by atoms with Crippen LogP contribution >= 0.6 is 23.1 Å². The first-order valence-corrected chi connectivity index (χ1v) is 8.34. The molecule has 1 atom stereocenters. The lowest BCUT2D eigenvalue weighted by Gasteiger charge is -2.10. The third kappa shape index (κ3) is 2.73. The van der Waals surface area contributed by atoms with E-state index in [1.165, 1.54) is 30.2 Å². The third-order valence-electron chi connectivity index (χ3n) is 3.28. The summed E-state index contributed by atoms with van der Waals surface area (Å²) in [5, 5.41) is 5.06. The molecule has 116 valence electrons. The number of carbonyl (C=O) groups is 3. The zero-order valence-corrected chi connectivity index (χ0v) is 13.3. The largest absolute Gasteiger partial charge is 0.465 e. The van der Waals surface area contributed by atoms with E-state index in [-0.39, 0.29) is 18.2 Å². The van der Waals surface area contributed by atoms with Gasteiger partial charge in [-0.25, -0.2) is 4.79 Å². The number of hydrogen-bond donors (Lipinski definition) is 1. The minimum absolute atomic E-state index is 0.0531. The second-order valence-electron chi connectivity index (χ2n) is 4.67. The predicted octanol–water partition coefficient (Wildman–Crippen LogP) is 1.18. The van der Waals surface area contributed by atoms with E-state index in [9.17, 15) is 14.4 Å². The normalized spacial score (nSPS) is 19.9. The molecule has 0 aliphatic carbocycles. The summed E-state index contributed by atoms with van der Waals surface area (Å²) in [5.74, 6) is -0.881. The average Bonchev–Trinajstić information content (AvgIpc) is 3.18.